The molecule has 1 aromatic heterocycles. The van der Waals surface area contributed by atoms with Crippen molar-refractivity contribution >= 4 is 16.9 Å². The number of carboxylic acids is 1. The normalized spacial score (nSPS) is 13.9. The Morgan fingerprint density at radius 3 is 2.34 bits per heavy atom. The molecular weight excluding hydrogens is 445 g/mol. The van der Waals surface area contributed by atoms with Crippen molar-refractivity contribution in [3.05, 3.63) is 83.3 Å². The van der Waals surface area contributed by atoms with Crippen LogP contribution < -0.4 is 0 Å². The molecule has 0 atom stereocenters. The molecule has 182 valence electrons. The van der Waals surface area contributed by atoms with Gasteiger partial charge in [0.15, 0.2) is 0 Å². The van der Waals surface area contributed by atoms with Crippen LogP contribution in [0, 0.1) is 12.7 Å². The van der Waals surface area contributed by atoms with Gasteiger partial charge in [-0.25, -0.2) is 9.18 Å². The van der Waals surface area contributed by atoms with Gasteiger partial charge in [0.1, 0.15) is 11.6 Å². The molecule has 35 heavy (non-hydrogen) atoms. The minimum atomic E-state index is -0.981. The smallest absolute Gasteiger partial charge is 0.335 e. The van der Waals surface area contributed by atoms with E-state index in [1.165, 1.54) is 12.1 Å². The van der Waals surface area contributed by atoms with Gasteiger partial charge in [-0.2, -0.15) is 0 Å². The molecule has 5 nitrogen and oxygen atoms in total. The number of aromatic carboxylic acids is 1. The highest BCUT2D eigenvalue weighted by molar-refractivity contribution is 6.04. The fraction of sp³-hybridized carbons (Fsp3) is 0.276. The molecule has 1 aliphatic heterocycles. The lowest BCUT2D eigenvalue weighted by Crippen LogP contribution is -2.17. The van der Waals surface area contributed by atoms with Crippen LogP contribution in [0.15, 0.2) is 60.7 Å². The van der Waals surface area contributed by atoms with Crippen LogP contribution in [0.4, 0.5) is 4.39 Å². The largest absolute Gasteiger partial charge is 0.507 e. The molecule has 0 radical (unpaired) electrons. The van der Waals surface area contributed by atoms with Crippen molar-refractivity contribution in [2.75, 3.05) is 13.2 Å². The van der Waals surface area contributed by atoms with Crippen LogP contribution in [-0.4, -0.2) is 34.0 Å². The summed E-state index contributed by atoms with van der Waals surface area (Å²) in [6.07, 6.45) is 1.63. The van der Waals surface area contributed by atoms with Gasteiger partial charge in [-0.15, -0.1) is 0 Å². The van der Waals surface area contributed by atoms with Crippen LogP contribution in [0.5, 0.6) is 5.75 Å². The van der Waals surface area contributed by atoms with E-state index in [0.717, 1.165) is 46.4 Å². The molecule has 0 amide bonds. The van der Waals surface area contributed by atoms with E-state index in [1.54, 1.807) is 36.4 Å². The molecule has 3 aromatic carbocycles. The third-order valence-electron chi connectivity index (χ3n) is 6.44. The van der Waals surface area contributed by atoms with E-state index in [4.69, 9.17) is 4.74 Å². The second-order valence-electron chi connectivity index (χ2n) is 8.46. The Kier molecular flexibility index (Phi) is 7.22. The first-order valence-electron chi connectivity index (χ1n) is 12.0. The van der Waals surface area contributed by atoms with Gasteiger partial charge in [0, 0.05) is 41.5 Å². The van der Waals surface area contributed by atoms with Gasteiger partial charge in [-0.1, -0.05) is 26.0 Å². The number of carbonyl (C=O) groups is 1. The minimum Gasteiger partial charge on any atom is -0.507 e. The third-order valence-corrected chi connectivity index (χ3v) is 6.44. The number of halogens is 1. The van der Waals surface area contributed by atoms with Crippen LogP contribution in [0.25, 0.3) is 27.7 Å². The molecule has 4 aromatic rings. The van der Waals surface area contributed by atoms with E-state index in [0.29, 0.717) is 18.6 Å². The quantitative estimate of drug-likeness (QED) is 0.331. The van der Waals surface area contributed by atoms with Crippen molar-refractivity contribution in [3.8, 4) is 22.6 Å². The molecule has 2 heterocycles. The fourth-order valence-electron chi connectivity index (χ4n) is 4.92. The number of aryl methyl sites for hydroxylation is 1. The Labute approximate surface area is 204 Å². The van der Waals surface area contributed by atoms with Gasteiger partial charge in [0.2, 0.25) is 0 Å². The Morgan fingerprint density at radius 1 is 1.03 bits per heavy atom. The SMILES string of the molecule is CC.Cc1cc(C(=O)O)ccc1-c1c(C2CCOCC2)n(-c2ccc(F)cc2)c2cccc(O)c12. The van der Waals surface area contributed by atoms with Crippen LogP contribution in [0.2, 0.25) is 0 Å². The predicted molar refractivity (Wildman–Crippen MR) is 136 cm³/mol. The number of nitrogens with zero attached hydrogens (tertiary/aromatic N) is 1. The maximum Gasteiger partial charge on any atom is 0.335 e. The standard InChI is InChI=1S/C27H24FNO4.C2H6/c1-16-15-18(27(31)32)5-10-21(16)24-25-22(3-2-4-23(25)30)29(20-8-6-19(28)7-9-20)26(24)17-11-13-33-14-12-17;1-2/h2-10,15,17,30H,11-14H2,1H3,(H,31,32);1-2H3. The highest BCUT2D eigenvalue weighted by Crippen LogP contribution is 2.47. The van der Waals surface area contributed by atoms with Crippen molar-refractivity contribution in [2.24, 2.45) is 0 Å². The maximum absolute atomic E-state index is 13.7. The van der Waals surface area contributed by atoms with Gasteiger partial charge in [-0.05, 0) is 79.4 Å². The topological polar surface area (TPSA) is 71.7 Å². The number of phenolic OH excluding ortho intramolecular Hbond substituents is 1. The van der Waals surface area contributed by atoms with E-state index in [9.17, 15) is 19.4 Å². The van der Waals surface area contributed by atoms with Crippen LogP contribution >= 0.6 is 0 Å². The van der Waals surface area contributed by atoms with E-state index in [-0.39, 0.29) is 23.0 Å². The predicted octanol–water partition coefficient (Wildman–Crippen LogP) is 7.07. The summed E-state index contributed by atoms with van der Waals surface area (Å²) in [6.45, 7) is 7.16. The molecule has 2 N–H and O–H groups in total. The first-order chi connectivity index (χ1) is 17.0. The zero-order valence-electron chi connectivity index (χ0n) is 20.2. The van der Waals surface area contributed by atoms with E-state index < -0.39 is 5.97 Å². The van der Waals surface area contributed by atoms with Crippen LogP contribution in [0.1, 0.15) is 54.2 Å². The Morgan fingerprint density at radius 2 is 1.71 bits per heavy atom. The molecule has 0 unspecified atom stereocenters. The van der Waals surface area contributed by atoms with E-state index in [1.807, 2.05) is 32.9 Å². The summed E-state index contributed by atoms with van der Waals surface area (Å²) in [5, 5.41) is 21.1. The minimum absolute atomic E-state index is 0.151. The molecule has 0 aliphatic carbocycles. The number of carboxylic acid groups (broad SMARTS) is 1. The average Bonchev–Trinajstić information content (AvgIpc) is 3.22. The third kappa shape index (κ3) is 4.54. The number of ether oxygens (including phenoxy) is 1. The van der Waals surface area contributed by atoms with Crippen LogP contribution in [0.3, 0.4) is 0 Å². The lowest BCUT2D eigenvalue weighted by atomic mass is 9.88. The average molecular weight is 476 g/mol. The second kappa shape index (κ2) is 10.3. The van der Waals surface area contributed by atoms with Gasteiger partial charge in [0.25, 0.3) is 0 Å². The molecule has 6 heteroatoms. The van der Waals surface area contributed by atoms with Gasteiger partial charge in [-0.3, -0.25) is 0 Å². The van der Waals surface area contributed by atoms with Crippen LogP contribution in [-0.2, 0) is 4.74 Å². The zero-order chi connectivity index (χ0) is 25.1. The molecular formula is C29H30FNO4. The summed E-state index contributed by atoms with van der Waals surface area (Å²) in [7, 11) is 0. The number of benzene rings is 3. The summed E-state index contributed by atoms with van der Waals surface area (Å²) < 4.78 is 21.5. The Hall–Kier alpha value is -3.64. The Balaban J connectivity index is 0.00000141. The monoisotopic (exact) mass is 475 g/mol. The van der Waals surface area contributed by atoms with Crippen molar-refractivity contribution in [2.45, 2.75) is 39.5 Å². The number of aromatic nitrogens is 1. The number of aromatic hydroxyl groups is 1. The summed E-state index contributed by atoms with van der Waals surface area (Å²) >= 11 is 0. The second-order valence-corrected chi connectivity index (χ2v) is 8.46. The van der Waals surface area contributed by atoms with Crippen molar-refractivity contribution in [1.29, 1.82) is 0 Å². The van der Waals surface area contributed by atoms with E-state index in [2.05, 4.69) is 4.57 Å². The number of phenols is 1. The summed E-state index contributed by atoms with van der Waals surface area (Å²) in [4.78, 5) is 11.5. The molecule has 1 saturated heterocycles. The zero-order valence-corrected chi connectivity index (χ0v) is 20.2. The molecule has 1 fully saturated rings. The summed E-state index contributed by atoms with van der Waals surface area (Å²) in [5.74, 6) is -0.987. The summed E-state index contributed by atoms with van der Waals surface area (Å²) in [6, 6.07) is 16.8. The van der Waals surface area contributed by atoms with Gasteiger partial charge in [0.05, 0.1) is 11.1 Å². The maximum atomic E-state index is 13.7. The summed E-state index contributed by atoms with van der Waals surface area (Å²) in [5.41, 5.74) is 5.43. The molecule has 5 rings (SSSR count). The lowest BCUT2D eigenvalue weighted by Gasteiger charge is -2.26. The van der Waals surface area contributed by atoms with E-state index >= 15 is 0 Å². The lowest BCUT2D eigenvalue weighted by molar-refractivity contribution is 0.0696. The van der Waals surface area contributed by atoms with Gasteiger partial charge < -0.3 is 19.5 Å². The van der Waals surface area contributed by atoms with Crippen molar-refractivity contribution in [3.63, 3.8) is 0 Å². The fourth-order valence-corrected chi connectivity index (χ4v) is 4.92. The highest BCUT2D eigenvalue weighted by Gasteiger charge is 2.29. The Bertz CT molecular complexity index is 1350. The molecule has 0 bridgehead atoms. The number of rotatable bonds is 4. The van der Waals surface area contributed by atoms with Crippen molar-refractivity contribution < 1.29 is 24.1 Å². The van der Waals surface area contributed by atoms with Gasteiger partial charge >= 0.3 is 5.97 Å². The first-order valence-corrected chi connectivity index (χ1v) is 12.0. The highest BCUT2D eigenvalue weighted by atomic mass is 19.1. The number of hydrogen-bond donors (Lipinski definition) is 2. The molecule has 1 aliphatic rings. The first kappa shape index (κ1) is 24.5. The van der Waals surface area contributed by atoms with Crippen molar-refractivity contribution in [1.82, 2.24) is 4.57 Å². The number of hydrogen-bond acceptors (Lipinski definition) is 3. The number of fused-ring (bicyclic) bond motifs is 1. The molecule has 0 saturated carbocycles. The molecule has 0 spiro atoms.